The molecule has 0 aliphatic heterocycles. The number of methoxy groups -OCH3 is 1. The molecule has 1 aliphatic carbocycles. The van der Waals surface area contributed by atoms with E-state index in [2.05, 4.69) is 10.3 Å². The van der Waals surface area contributed by atoms with Gasteiger partial charge in [0, 0.05) is 29.1 Å². The van der Waals surface area contributed by atoms with Crippen molar-refractivity contribution in [2.45, 2.75) is 25.1 Å². The van der Waals surface area contributed by atoms with Crippen LogP contribution in [0.1, 0.15) is 27.2 Å². The molecule has 140 valence electrons. The first-order chi connectivity index (χ1) is 12.9. The first-order valence-corrected chi connectivity index (χ1v) is 8.51. The van der Waals surface area contributed by atoms with Crippen LogP contribution in [0, 0.1) is 0 Å². The Bertz CT molecular complexity index is 1020. The molecule has 1 atom stereocenters. The van der Waals surface area contributed by atoms with Gasteiger partial charge >= 0.3 is 6.18 Å². The standard InChI is InChI=1S/C20H17F3N2O2/c1-27-12-6-7-17-15(10-12)14-8-11(9-18(14)25-17)24-19(26)13-4-2-3-5-16(13)20(21,22)23/h2-7,10-11,25H,8-9H2,1H3,(H,24,26). The molecule has 4 rings (SSSR count). The monoisotopic (exact) mass is 374 g/mol. The van der Waals surface area contributed by atoms with Gasteiger partial charge in [-0.25, -0.2) is 0 Å². The van der Waals surface area contributed by atoms with Gasteiger partial charge in [-0.1, -0.05) is 12.1 Å². The van der Waals surface area contributed by atoms with Crippen LogP contribution in [0.15, 0.2) is 42.5 Å². The van der Waals surface area contributed by atoms with Gasteiger partial charge in [-0.15, -0.1) is 0 Å². The summed E-state index contributed by atoms with van der Waals surface area (Å²) in [5.74, 6) is 0.0239. The molecule has 3 aromatic rings. The predicted octanol–water partition coefficient (Wildman–Crippen LogP) is 4.09. The summed E-state index contributed by atoms with van der Waals surface area (Å²) >= 11 is 0. The van der Waals surface area contributed by atoms with Gasteiger partial charge in [-0.05, 0) is 42.3 Å². The van der Waals surface area contributed by atoms with Crippen LogP contribution in [0.4, 0.5) is 13.2 Å². The highest BCUT2D eigenvalue weighted by Crippen LogP contribution is 2.34. The molecule has 0 saturated carbocycles. The summed E-state index contributed by atoms with van der Waals surface area (Å²) in [4.78, 5) is 15.8. The third-order valence-corrected chi connectivity index (χ3v) is 4.92. The van der Waals surface area contributed by atoms with E-state index in [1.54, 1.807) is 7.11 Å². The zero-order chi connectivity index (χ0) is 19.2. The number of nitrogens with one attached hydrogen (secondary N) is 2. The van der Waals surface area contributed by atoms with Gasteiger partial charge < -0.3 is 15.0 Å². The number of carbonyl (C=O) groups excluding carboxylic acids is 1. The van der Waals surface area contributed by atoms with E-state index < -0.39 is 17.6 Å². The van der Waals surface area contributed by atoms with Gasteiger partial charge in [0.1, 0.15) is 5.75 Å². The molecule has 1 aliphatic rings. The van der Waals surface area contributed by atoms with E-state index in [0.717, 1.165) is 34.0 Å². The third kappa shape index (κ3) is 3.13. The number of amides is 1. The molecule has 0 bridgehead atoms. The van der Waals surface area contributed by atoms with Gasteiger partial charge in [0.15, 0.2) is 0 Å². The Labute approximate surface area is 153 Å². The average molecular weight is 374 g/mol. The van der Waals surface area contributed by atoms with Crippen LogP contribution in [0.2, 0.25) is 0 Å². The molecule has 2 aromatic carbocycles. The number of H-pyrrole nitrogens is 1. The fraction of sp³-hybridized carbons (Fsp3) is 0.250. The molecular formula is C20H17F3N2O2. The lowest BCUT2D eigenvalue weighted by atomic mass is 10.1. The first kappa shape index (κ1) is 17.5. The highest BCUT2D eigenvalue weighted by molar-refractivity contribution is 5.96. The number of rotatable bonds is 3. The molecular weight excluding hydrogens is 357 g/mol. The quantitative estimate of drug-likeness (QED) is 0.726. The van der Waals surface area contributed by atoms with Crippen molar-refractivity contribution in [2.24, 2.45) is 0 Å². The van der Waals surface area contributed by atoms with Crippen molar-refractivity contribution in [1.82, 2.24) is 10.3 Å². The lowest BCUT2D eigenvalue weighted by Crippen LogP contribution is -2.36. The van der Waals surface area contributed by atoms with Crippen molar-refractivity contribution in [1.29, 1.82) is 0 Å². The number of hydrogen-bond donors (Lipinski definition) is 2. The second-order valence-electron chi connectivity index (χ2n) is 6.62. The Morgan fingerprint density at radius 2 is 1.96 bits per heavy atom. The highest BCUT2D eigenvalue weighted by atomic mass is 19.4. The number of fused-ring (bicyclic) bond motifs is 3. The summed E-state index contributed by atoms with van der Waals surface area (Å²) in [7, 11) is 1.59. The topological polar surface area (TPSA) is 54.1 Å². The Morgan fingerprint density at radius 3 is 2.70 bits per heavy atom. The van der Waals surface area contributed by atoms with Crippen molar-refractivity contribution in [3.05, 3.63) is 64.8 Å². The van der Waals surface area contributed by atoms with Gasteiger partial charge in [-0.3, -0.25) is 4.79 Å². The zero-order valence-corrected chi connectivity index (χ0v) is 14.5. The van der Waals surface area contributed by atoms with E-state index in [-0.39, 0.29) is 11.6 Å². The van der Waals surface area contributed by atoms with E-state index in [1.807, 2.05) is 18.2 Å². The average Bonchev–Trinajstić information content (AvgIpc) is 3.17. The minimum Gasteiger partial charge on any atom is -0.497 e. The first-order valence-electron chi connectivity index (χ1n) is 8.51. The van der Waals surface area contributed by atoms with E-state index in [9.17, 15) is 18.0 Å². The van der Waals surface area contributed by atoms with Crippen molar-refractivity contribution in [3.8, 4) is 5.75 Å². The molecule has 0 radical (unpaired) electrons. The molecule has 4 nitrogen and oxygen atoms in total. The van der Waals surface area contributed by atoms with Gasteiger partial charge in [0.05, 0.1) is 18.2 Å². The molecule has 0 spiro atoms. The third-order valence-electron chi connectivity index (χ3n) is 4.92. The molecule has 0 saturated heterocycles. The maximum absolute atomic E-state index is 13.1. The maximum Gasteiger partial charge on any atom is 0.417 e. The number of carbonyl (C=O) groups is 1. The molecule has 2 N–H and O–H groups in total. The fourth-order valence-corrected chi connectivity index (χ4v) is 3.68. The smallest absolute Gasteiger partial charge is 0.417 e. The minimum absolute atomic E-state index is 0.254. The molecule has 1 amide bonds. The van der Waals surface area contributed by atoms with Gasteiger partial charge in [0.2, 0.25) is 0 Å². The van der Waals surface area contributed by atoms with E-state index >= 15 is 0 Å². The lowest BCUT2D eigenvalue weighted by molar-refractivity contribution is -0.137. The number of halogens is 3. The summed E-state index contributed by atoms with van der Waals surface area (Å²) in [5, 5.41) is 3.75. The second kappa shape index (κ2) is 6.33. The number of hydrogen-bond acceptors (Lipinski definition) is 2. The summed E-state index contributed by atoms with van der Waals surface area (Å²) in [6, 6.07) is 10.3. The number of ether oxygens (including phenoxy) is 1. The van der Waals surface area contributed by atoms with E-state index in [0.29, 0.717) is 12.8 Å². The van der Waals surface area contributed by atoms with Crippen LogP contribution in [-0.2, 0) is 19.0 Å². The summed E-state index contributed by atoms with van der Waals surface area (Å²) in [5.41, 5.74) is 1.76. The Kier molecular flexibility index (Phi) is 4.09. The van der Waals surface area contributed by atoms with E-state index in [4.69, 9.17) is 4.74 Å². The summed E-state index contributed by atoms with van der Waals surface area (Å²) in [6.07, 6.45) is -3.46. The Balaban J connectivity index is 1.56. The number of aromatic nitrogens is 1. The SMILES string of the molecule is COc1ccc2[nH]c3c(c2c1)CC(NC(=O)c1ccccc1C(F)(F)F)C3. The lowest BCUT2D eigenvalue weighted by Gasteiger charge is -2.16. The van der Waals surface area contributed by atoms with Crippen LogP contribution < -0.4 is 10.1 Å². The molecule has 1 aromatic heterocycles. The Morgan fingerprint density at radius 1 is 1.19 bits per heavy atom. The second-order valence-corrected chi connectivity index (χ2v) is 6.62. The van der Waals surface area contributed by atoms with Crippen LogP contribution in [0.25, 0.3) is 10.9 Å². The molecule has 7 heteroatoms. The minimum atomic E-state index is -4.57. The van der Waals surface area contributed by atoms with Crippen molar-refractivity contribution < 1.29 is 22.7 Å². The van der Waals surface area contributed by atoms with E-state index in [1.165, 1.54) is 18.2 Å². The van der Waals surface area contributed by atoms with Gasteiger partial charge in [0.25, 0.3) is 5.91 Å². The summed E-state index contributed by atoms with van der Waals surface area (Å²) in [6.45, 7) is 0. The number of alkyl halides is 3. The number of benzene rings is 2. The normalized spacial score (nSPS) is 16.4. The molecule has 1 unspecified atom stereocenters. The van der Waals surface area contributed by atoms with Crippen LogP contribution in [0.3, 0.4) is 0 Å². The molecule has 27 heavy (non-hydrogen) atoms. The van der Waals surface area contributed by atoms with Gasteiger partial charge in [-0.2, -0.15) is 13.2 Å². The fourth-order valence-electron chi connectivity index (χ4n) is 3.68. The van der Waals surface area contributed by atoms with Crippen molar-refractivity contribution >= 4 is 16.8 Å². The van der Waals surface area contributed by atoms with Crippen LogP contribution in [-0.4, -0.2) is 24.0 Å². The van der Waals surface area contributed by atoms with Crippen LogP contribution in [0.5, 0.6) is 5.75 Å². The largest absolute Gasteiger partial charge is 0.497 e. The molecule has 1 heterocycles. The van der Waals surface area contributed by atoms with Crippen LogP contribution >= 0.6 is 0 Å². The Hall–Kier alpha value is -2.96. The number of aromatic amines is 1. The summed E-state index contributed by atoms with van der Waals surface area (Å²) < 4.78 is 44.7. The highest BCUT2D eigenvalue weighted by Gasteiger charge is 2.35. The maximum atomic E-state index is 13.1. The van der Waals surface area contributed by atoms with Crippen molar-refractivity contribution in [3.63, 3.8) is 0 Å². The molecule has 0 fully saturated rings. The zero-order valence-electron chi connectivity index (χ0n) is 14.5. The predicted molar refractivity (Wildman–Crippen MR) is 95.0 cm³/mol. The van der Waals surface area contributed by atoms with Crippen molar-refractivity contribution in [2.75, 3.05) is 7.11 Å².